The number of oxazole rings is 1. The first-order valence-corrected chi connectivity index (χ1v) is 7.08. The molecule has 1 unspecified atom stereocenters. The maximum atomic E-state index is 12.4. The number of ether oxygens (including phenoxy) is 1. The van der Waals surface area contributed by atoms with Gasteiger partial charge in [0, 0.05) is 6.54 Å². The molecule has 0 spiro atoms. The van der Waals surface area contributed by atoms with Gasteiger partial charge in [0.1, 0.15) is 18.4 Å². The van der Waals surface area contributed by atoms with E-state index in [0.717, 1.165) is 18.4 Å². The van der Waals surface area contributed by atoms with E-state index in [-0.39, 0.29) is 12.7 Å². The van der Waals surface area contributed by atoms with Crippen molar-refractivity contribution < 1.29 is 13.9 Å². The third-order valence-electron chi connectivity index (χ3n) is 3.96. The molecular weight excluding hydrogens is 268 g/mol. The first kappa shape index (κ1) is 13.7. The van der Waals surface area contributed by atoms with Gasteiger partial charge in [0.15, 0.2) is 0 Å². The number of hydrogen-bond acceptors (Lipinski definition) is 4. The molecule has 1 fully saturated rings. The van der Waals surface area contributed by atoms with Crippen molar-refractivity contribution in [3.8, 4) is 0 Å². The van der Waals surface area contributed by atoms with Crippen molar-refractivity contribution in [2.24, 2.45) is 0 Å². The van der Waals surface area contributed by atoms with Gasteiger partial charge in [-0.15, -0.1) is 0 Å². The third-order valence-corrected chi connectivity index (χ3v) is 3.96. The van der Waals surface area contributed by atoms with E-state index in [1.54, 1.807) is 11.1 Å². The molecule has 0 N–H and O–H groups in total. The van der Waals surface area contributed by atoms with Crippen molar-refractivity contribution in [2.75, 3.05) is 6.54 Å². The van der Waals surface area contributed by atoms with E-state index in [4.69, 9.17) is 9.15 Å². The number of amides is 1. The smallest absolute Gasteiger partial charge is 0.410 e. The van der Waals surface area contributed by atoms with Crippen LogP contribution in [-0.2, 0) is 16.9 Å². The van der Waals surface area contributed by atoms with Crippen LogP contribution in [0.5, 0.6) is 0 Å². The summed E-state index contributed by atoms with van der Waals surface area (Å²) in [6, 6.07) is 9.66. The van der Waals surface area contributed by atoms with E-state index < -0.39 is 5.54 Å². The Morgan fingerprint density at radius 2 is 2.24 bits per heavy atom. The first-order valence-electron chi connectivity index (χ1n) is 7.08. The van der Waals surface area contributed by atoms with Gasteiger partial charge in [-0.1, -0.05) is 30.3 Å². The topological polar surface area (TPSA) is 55.6 Å². The van der Waals surface area contributed by atoms with Crippen molar-refractivity contribution in [1.29, 1.82) is 0 Å². The summed E-state index contributed by atoms with van der Waals surface area (Å²) in [6.45, 7) is 2.90. The molecule has 110 valence electrons. The lowest BCUT2D eigenvalue weighted by Crippen LogP contribution is -2.43. The van der Waals surface area contributed by atoms with Crippen LogP contribution in [0.25, 0.3) is 0 Å². The van der Waals surface area contributed by atoms with E-state index in [1.807, 2.05) is 37.3 Å². The fourth-order valence-corrected chi connectivity index (χ4v) is 2.76. The molecule has 2 aromatic rings. The summed E-state index contributed by atoms with van der Waals surface area (Å²) in [7, 11) is 0. The van der Waals surface area contributed by atoms with Crippen LogP contribution in [0, 0.1) is 0 Å². The summed E-state index contributed by atoms with van der Waals surface area (Å²) >= 11 is 0. The average Bonchev–Trinajstić information content (AvgIpc) is 3.16. The predicted octanol–water partition coefficient (Wildman–Crippen LogP) is 3.32. The highest BCUT2D eigenvalue weighted by atomic mass is 16.6. The largest absolute Gasteiger partial charge is 0.446 e. The Hall–Kier alpha value is -2.30. The molecule has 0 radical (unpaired) electrons. The zero-order valence-corrected chi connectivity index (χ0v) is 12.0. The van der Waals surface area contributed by atoms with Crippen LogP contribution in [0.2, 0.25) is 0 Å². The van der Waals surface area contributed by atoms with Crippen LogP contribution in [-0.4, -0.2) is 22.5 Å². The summed E-state index contributed by atoms with van der Waals surface area (Å²) in [5, 5.41) is 0. The average molecular weight is 286 g/mol. The van der Waals surface area contributed by atoms with Gasteiger partial charge in [-0.3, -0.25) is 4.90 Å². The molecule has 0 bridgehead atoms. The standard InChI is InChI=1S/C16H18N2O3/c1-16(14-17-9-11-20-14)8-5-10-18(16)15(19)21-12-13-6-3-2-4-7-13/h2-4,6-7,9,11H,5,8,10,12H2,1H3. The molecular formula is C16H18N2O3. The second kappa shape index (κ2) is 5.60. The Balaban J connectivity index is 1.69. The van der Waals surface area contributed by atoms with Crippen LogP contribution in [0.4, 0.5) is 4.79 Å². The predicted molar refractivity (Wildman–Crippen MR) is 76.4 cm³/mol. The third kappa shape index (κ3) is 2.63. The maximum absolute atomic E-state index is 12.4. The quantitative estimate of drug-likeness (QED) is 0.868. The van der Waals surface area contributed by atoms with E-state index in [1.165, 1.54) is 6.26 Å². The van der Waals surface area contributed by atoms with Crippen molar-refractivity contribution in [1.82, 2.24) is 9.88 Å². The molecule has 1 aliphatic rings. The van der Waals surface area contributed by atoms with Gasteiger partial charge in [-0.2, -0.15) is 0 Å². The van der Waals surface area contributed by atoms with E-state index in [2.05, 4.69) is 4.98 Å². The first-order chi connectivity index (χ1) is 10.2. The molecule has 1 aromatic carbocycles. The summed E-state index contributed by atoms with van der Waals surface area (Å²) in [5.74, 6) is 0.566. The lowest BCUT2D eigenvalue weighted by Gasteiger charge is -2.31. The number of carbonyl (C=O) groups excluding carboxylic acids is 1. The highest BCUT2D eigenvalue weighted by molar-refractivity contribution is 5.69. The van der Waals surface area contributed by atoms with Crippen LogP contribution in [0.3, 0.4) is 0 Å². The van der Waals surface area contributed by atoms with Crippen molar-refractivity contribution in [3.63, 3.8) is 0 Å². The van der Waals surface area contributed by atoms with Gasteiger partial charge >= 0.3 is 6.09 Å². The highest BCUT2D eigenvalue weighted by Gasteiger charge is 2.45. The second-order valence-corrected chi connectivity index (χ2v) is 5.41. The van der Waals surface area contributed by atoms with E-state index in [0.29, 0.717) is 12.4 Å². The van der Waals surface area contributed by atoms with Crippen molar-refractivity contribution in [2.45, 2.75) is 31.9 Å². The van der Waals surface area contributed by atoms with Gasteiger partial charge in [-0.25, -0.2) is 9.78 Å². The molecule has 5 nitrogen and oxygen atoms in total. The molecule has 0 aliphatic carbocycles. The lowest BCUT2D eigenvalue weighted by molar-refractivity contribution is 0.0599. The number of hydrogen-bond donors (Lipinski definition) is 0. The Kier molecular flexibility index (Phi) is 3.64. The highest BCUT2D eigenvalue weighted by Crippen LogP contribution is 2.38. The second-order valence-electron chi connectivity index (χ2n) is 5.41. The number of benzene rings is 1. The van der Waals surface area contributed by atoms with Gasteiger partial charge < -0.3 is 9.15 Å². The summed E-state index contributed by atoms with van der Waals surface area (Å²) in [6.07, 6.45) is 4.56. The molecule has 0 saturated carbocycles. The minimum atomic E-state index is -0.517. The SMILES string of the molecule is CC1(c2ncco2)CCCN1C(=O)OCc1ccccc1. The normalized spacial score (nSPS) is 21.5. The zero-order valence-electron chi connectivity index (χ0n) is 12.0. The van der Waals surface area contributed by atoms with Crippen LogP contribution in [0.15, 0.2) is 47.2 Å². The Labute approximate surface area is 123 Å². The van der Waals surface area contributed by atoms with Crippen molar-refractivity contribution in [3.05, 3.63) is 54.2 Å². The number of carbonyl (C=O) groups is 1. The summed E-state index contributed by atoms with van der Waals surface area (Å²) in [5.41, 5.74) is 0.458. The molecule has 3 rings (SSSR count). The zero-order chi connectivity index (χ0) is 14.7. The Morgan fingerprint density at radius 1 is 1.43 bits per heavy atom. The number of likely N-dealkylation sites (tertiary alicyclic amines) is 1. The lowest BCUT2D eigenvalue weighted by atomic mass is 9.99. The van der Waals surface area contributed by atoms with Gasteiger partial charge in [-0.05, 0) is 25.3 Å². The molecule has 21 heavy (non-hydrogen) atoms. The monoisotopic (exact) mass is 286 g/mol. The van der Waals surface area contributed by atoms with Gasteiger partial charge in [0.2, 0.25) is 5.89 Å². The summed E-state index contributed by atoms with van der Waals surface area (Å²) < 4.78 is 10.8. The number of aromatic nitrogens is 1. The maximum Gasteiger partial charge on any atom is 0.410 e. The fraction of sp³-hybridized carbons (Fsp3) is 0.375. The van der Waals surface area contributed by atoms with E-state index in [9.17, 15) is 4.79 Å². The summed E-state index contributed by atoms with van der Waals surface area (Å²) in [4.78, 5) is 18.3. The van der Waals surface area contributed by atoms with Crippen LogP contribution >= 0.6 is 0 Å². The molecule has 5 heteroatoms. The molecule has 1 aromatic heterocycles. The van der Waals surface area contributed by atoms with Crippen LogP contribution in [0.1, 0.15) is 31.2 Å². The number of nitrogens with zero attached hydrogens (tertiary/aromatic N) is 2. The van der Waals surface area contributed by atoms with Gasteiger partial charge in [0.05, 0.1) is 6.20 Å². The Bertz CT molecular complexity index is 597. The van der Waals surface area contributed by atoms with Gasteiger partial charge in [0.25, 0.3) is 0 Å². The molecule has 1 atom stereocenters. The molecule has 1 saturated heterocycles. The molecule has 1 aliphatic heterocycles. The molecule has 1 amide bonds. The number of rotatable bonds is 3. The Morgan fingerprint density at radius 3 is 2.95 bits per heavy atom. The van der Waals surface area contributed by atoms with Crippen molar-refractivity contribution >= 4 is 6.09 Å². The minimum Gasteiger partial charge on any atom is -0.446 e. The minimum absolute atomic E-state index is 0.276. The molecule has 2 heterocycles. The van der Waals surface area contributed by atoms with E-state index >= 15 is 0 Å². The fourth-order valence-electron chi connectivity index (χ4n) is 2.76. The van der Waals surface area contributed by atoms with Crippen LogP contribution < -0.4 is 0 Å².